The number of anilines is 9. The smallest absolute Gasteiger partial charge is 0.343 e. The molecule has 0 aromatic heterocycles. The normalized spacial score (nSPS) is 11.4. The van der Waals surface area contributed by atoms with Gasteiger partial charge in [-0.15, -0.1) is 0 Å². The molecule has 0 unspecified atom stereocenters. The molecule has 9 nitrogen and oxygen atoms in total. The van der Waals surface area contributed by atoms with Crippen molar-refractivity contribution in [3.8, 4) is 50.6 Å². The Kier molecular flexibility index (Phi) is 20.8. The van der Waals surface area contributed by atoms with Crippen molar-refractivity contribution >= 4 is 134 Å². The van der Waals surface area contributed by atoms with Crippen LogP contribution in [0.15, 0.2) is 473 Å². The molecule has 0 heterocycles. The van der Waals surface area contributed by atoms with Gasteiger partial charge in [-0.05, 0) is 235 Å². The summed E-state index contributed by atoms with van der Waals surface area (Å²) >= 11 is 0. The summed E-state index contributed by atoms with van der Waals surface area (Å²) in [7, 11) is 0. The molecule has 0 aliphatic heterocycles. The summed E-state index contributed by atoms with van der Waals surface area (Å²) in [6, 6.07) is 160. The molecule has 21 aromatic carbocycles. The van der Waals surface area contributed by atoms with E-state index in [9.17, 15) is 14.4 Å². The van der Waals surface area contributed by atoms with Gasteiger partial charge in [0.05, 0.1) is 50.8 Å². The summed E-state index contributed by atoms with van der Waals surface area (Å²) in [5.41, 5.74) is 18.2. The van der Waals surface area contributed by atoms with Gasteiger partial charge in [-0.25, -0.2) is 14.4 Å². The van der Waals surface area contributed by atoms with Crippen LogP contribution in [0.2, 0.25) is 0 Å². The van der Waals surface area contributed by atoms with E-state index in [0.717, 1.165) is 166 Å². The number of nitrogens with zero attached hydrogens (tertiary/aromatic N) is 3. The molecule has 0 radical (unpaired) electrons. The Bertz CT molecular complexity index is 6750. The lowest BCUT2D eigenvalue weighted by Gasteiger charge is -2.32. The van der Waals surface area contributed by atoms with Crippen LogP contribution in [0, 0.1) is 0 Å². The lowest BCUT2D eigenvalue weighted by Crippen LogP contribution is -2.25. The molecule has 0 aliphatic carbocycles. The average Bonchev–Trinajstić information content (AvgIpc) is 0.811. The fourth-order valence-electron chi connectivity index (χ4n) is 18.0. The maximum absolute atomic E-state index is 14.1. The minimum absolute atomic E-state index is 0.359. The zero-order valence-corrected chi connectivity index (χ0v) is 69.8. The van der Waals surface area contributed by atoms with Gasteiger partial charge in [0.2, 0.25) is 0 Å². The largest absolute Gasteiger partial charge is 0.423 e. The maximum Gasteiger partial charge on any atom is 0.343 e. The first-order valence-electron chi connectivity index (χ1n) is 42.9. The third-order valence-electron chi connectivity index (χ3n) is 24.7. The number of esters is 3. The monoisotopic (exact) mass is 1650 g/mol. The van der Waals surface area contributed by atoms with Gasteiger partial charge in [-0.1, -0.05) is 328 Å². The highest BCUT2D eigenvalue weighted by Gasteiger charge is 2.33. The molecule has 21 rings (SSSR count). The van der Waals surface area contributed by atoms with Crippen molar-refractivity contribution in [3.05, 3.63) is 507 Å². The highest BCUT2D eigenvalue weighted by atomic mass is 16.5. The van der Waals surface area contributed by atoms with E-state index < -0.39 is 23.3 Å². The number of fused-ring (bicyclic) bond motifs is 6. The second-order valence-electron chi connectivity index (χ2n) is 32.2. The highest BCUT2D eigenvalue weighted by Crippen LogP contribution is 2.48. The Morgan fingerprint density at radius 1 is 0.188 bits per heavy atom. The van der Waals surface area contributed by atoms with E-state index in [-0.39, 0.29) is 0 Å². The predicted molar refractivity (Wildman–Crippen MR) is 524 cm³/mol. The Balaban J connectivity index is 0.528. The van der Waals surface area contributed by atoms with Crippen molar-refractivity contribution in [2.75, 3.05) is 14.7 Å². The van der Waals surface area contributed by atoms with Gasteiger partial charge < -0.3 is 28.9 Å². The molecular formula is C119H81N3O6. The molecular weight excluding hydrogens is 1570 g/mol. The van der Waals surface area contributed by atoms with Gasteiger partial charge in [-0.3, -0.25) is 0 Å². The molecule has 0 bridgehead atoms. The van der Waals surface area contributed by atoms with Crippen LogP contribution in [0.25, 0.3) is 98.0 Å². The number of carbonyl (C=O) groups excluding carboxylic acids is 3. The number of ether oxygens (including phenoxy) is 3. The summed E-state index contributed by atoms with van der Waals surface area (Å²) in [5.74, 6) is -0.430. The summed E-state index contributed by atoms with van der Waals surface area (Å²) in [6.45, 7) is 2.11. The molecule has 0 atom stereocenters. The average molecular weight is 1650 g/mol. The van der Waals surface area contributed by atoms with Gasteiger partial charge in [0.15, 0.2) is 0 Å². The van der Waals surface area contributed by atoms with E-state index >= 15 is 0 Å². The fraction of sp³-hybridized carbons (Fsp3) is 0.0168. The fourth-order valence-corrected chi connectivity index (χ4v) is 18.0. The second kappa shape index (κ2) is 34.0. The van der Waals surface area contributed by atoms with Crippen molar-refractivity contribution in [1.82, 2.24) is 0 Å². The van der Waals surface area contributed by atoms with E-state index in [2.05, 4.69) is 349 Å². The zero-order valence-electron chi connectivity index (χ0n) is 69.8. The molecule has 0 spiro atoms. The van der Waals surface area contributed by atoms with Crippen molar-refractivity contribution in [2.45, 2.75) is 12.3 Å². The zero-order chi connectivity index (χ0) is 86.0. The molecule has 608 valence electrons. The predicted octanol–water partition coefficient (Wildman–Crippen LogP) is 31.0. The number of hydrogen-bond donors (Lipinski definition) is 0. The van der Waals surface area contributed by atoms with E-state index in [1.807, 2.05) is 72.8 Å². The highest BCUT2D eigenvalue weighted by molar-refractivity contribution is 6.09. The summed E-state index contributed by atoms with van der Waals surface area (Å²) in [5, 5.41) is 13.8. The Morgan fingerprint density at radius 3 is 0.555 bits per heavy atom. The van der Waals surface area contributed by atoms with Crippen molar-refractivity contribution < 1.29 is 28.6 Å². The number of rotatable bonds is 21. The van der Waals surface area contributed by atoms with Crippen LogP contribution >= 0.6 is 0 Å². The van der Waals surface area contributed by atoms with Crippen LogP contribution in [0.4, 0.5) is 51.2 Å². The molecule has 21 aromatic rings. The molecule has 0 amide bonds. The minimum Gasteiger partial charge on any atom is -0.423 e. The van der Waals surface area contributed by atoms with E-state index in [1.165, 1.54) is 0 Å². The molecule has 0 saturated heterocycles. The lowest BCUT2D eigenvalue weighted by atomic mass is 9.71. The van der Waals surface area contributed by atoms with E-state index in [1.54, 1.807) is 72.8 Å². The number of benzene rings is 21. The Morgan fingerprint density at radius 2 is 0.359 bits per heavy atom. The molecule has 0 saturated carbocycles. The third-order valence-corrected chi connectivity index (χ3v) is 24.7. The van der Waals surface area contributed by atoms with Gasteiger partial charge in [-0.2, -0.15) is 0 Å². The van der Waals surface area contributed by atoms with Crippen molar-refractivity contribution in [3.63, 3.8) is 0 Å². The summed E-state index contributed by atoms with van der Waals surface area (Å²) < 4.78 is 18.4. The van der Waals surface area contributed by atoms with Gasteiger partial charge >= 0.3 is 17.9 Å². The van der Waals surface area contributed by atoms with Crippen LogP contribution in [0.1, 0.15) is 54.7 Å². The van der Waals surface area contributed by atoms with Crippen molar-refractivity contribution in [1.29, 1.82) is 0 Å². The molecule has 0 N–H and O–H groups in total. The van der Waals surface area contributed by atoms with Crippen LogP contribution in [0.5, 0.6) is 17.2 Å². The topological polar surface area (TPSA) is 88.6 Å². The first kappa shape index (κ1) is 78.3. The van der Waals surface area contributed by atoms with Gasteiger partial charge in [0.25, 0.3) is 0 Å². The SMILES string of the molecule is CC(c1ccc(OC(=O)c2ccc(-c3ccc(N(c4cccc5ccccc45)c4cccc5ccccc45)cc3)cc2)cc1)(c1ccc(OC(=O)c2ccc(-c3ccc(N(c4cccc5ccccc45)c4cccc5ccccc45)cc3)cc2)cc1)c1ccc(OC(=O)c2ccc(-c3ccc(N(c4cccc5ccccc45)c4cccc5ccccc45)cc3)cc2)cc1. The standard InChI is InChI=1S/C119H81N3O6/c1-119(95-62-74-101(75-63-95)126-116(123)92-50-44-80(45-51-92)83-56-68-98(69-57-83)120(110-38-14-26-86-20-2-8-32-104(86)110)111-39-15-27-87-21-3-9-33-105(87)111,96-64-76-102(77-65-96)127-117(124)93-52-46-81(47-53-93)84-58-70-99(71-59-84)121(112-40-16-28-88-22-4-10-34-106(88)112)113-41-17-29-89-23-5-11-35-107(89)113)97-66-78-103(79-67-97)128-118(125)94-54-48-82(49-55-94)85-60-72-100(73-61-85)122(114-42-18-30-90-24-6-12-36-108(90)114)115-43-19-31-91-25-7-13-37-109(91)115/h2-79H,1H3. The number of carbonyl (C=O) groups is 3. The van der Waals surface area contributed by atoms with Crippen LogP contribution < -0.4 is 28.9 Å². The first-order valence-corrected chi connectivity index (χ1v) is 42.9. The molecule has 0 fully saturated rings. The van der Waals surface area contributed by atoms with Gasteiger partial charge in [0, 0.05) is 54.8 Å². The Hall–Kier alpha value is -17.0. The van der Waals surface area contributed by atoms with Crippen molar-refractivity contribution in [2.24, 2.45) is 0 Å². The lowest BCUT2D eigenvalue weighted by molar-refractivity contribution is 0.0725. The van der Waals surface area contributed by atoms with E-state index in [4.69, 9.17) is 14.2 Å². The van der Waals surface area contributed by atoms with Crippen LogP contribution in [-0.4, -0.2) is 17.9 Å². The molecule has 0 aliphatic rings. The summed E-state index contributed by atoms with van der Waals surface area (Å²) in [4.78, 5) is 49.4. The minimum atomic E-state index is -0.873. The molecule has 128 heavy (non-hydrogen) atoms. The maximum atomic E-state index is 14.1. The second-order valence-corrected chi connectivity index (χ2v) is 32.2. The first-order chi connectivity index (χ1) is 63.0. The van der Waals surface area contributed by atoms with Crippen LogP contribution in [-0.2, 0) is 5.41 Å². The van der Waals surface area contributed by atoms with Gasteiger partial charge in [0.1, 0.15) is 17.2 Å². The Labute approximate surface area is 741 Å². The third kappa shape index (κ3) is 15.2. The molecule has 9 heteroatoms. The quantitative estimate of drug-likeness (QED) is 0.0396. The van der Waals surface area contributed by atoms with Crippen LogP contribution in [0.3, 0.4) is 0 Å². The summed E-state index contributed by atoms with van der Waals surface area (Å²) in [6.07, 6.45) is 0. The number of hydrogen-bond acceptors (Lipinski definition) is 9. The van der Waals surface area contributed by atoms with E-state index in [0.29, 0.717) is 33.9 Å².